The quantitative estimate of drug-likeness (QED) is 0.399. The molecule has 0 aliphatic heterocycles. The second-order valence-corrected chi connectivity index (χ2v) is 5.86. The Balaban J connectivity index is 2.49. The van der Waals surface area contributed by atoms with Gasteiger partial charge in [0.05, 0.1) is 5.71 Å². The molecule has 1 aromatic carbocycles. The standard InChI is InChI=1S/C20H23N5O2/c1-13-5-6-16(21-3)11-17(13)18(25-24-12-26)9-14(2)15-7-8-23-19(10-15)20(27)22-4/h5-12,21H,1-4H3,(H,22,27)(H,24,26)/b14-9+,25-18+. The number of hydrogen-bond acceptors (Lipinski definition) is 5. The molecule has 0 unspecified atom stereocenters. The second kappa shape index (κ2) is 9.28. The van der Waals surface area contributed by atoms with Gasteiger partial charge in [0.2, 0.25) is 6.41 Å². The molecule has 0 bridgehead atoms. The Morgan fingerprint density at radius 2 is 1.96 bits per heavy atom. The van der Waals surface area contributed by atoms with Gasteiger partial charge >= 0.3 is 0 Å². The summed E-state index contributed by atoms with van der Waals surface area (Å²) in [5.74, 6) is -0.251. The third-order valence-corrected chi connectivity index (χ3v) is 4.07. The van der Waals surface area contributed by atoms with Crippen molar-refractivity contribution in [3.63, 3.8) is 0 Å². The number of aromatic nitrogens is 1. The van der Waals surface area contributed by atoms with Crippen molar-refractivity contribution >= 4 is 29.3 Å². The van der Waals surface area contributed by atoms with Crippen molar-refractivity contribution < 1.29 is 9.59 Å². The lowest BCUT2D eigenvalue weighted by atomic mass is 9.99. The zero-order valence-corrected chi connectivity index (χ0v) is 15.8. The Kier molecular flexibility index (Phi) is 6.82. The van der Waals surface area contributed by atoms with Crippen LogP contribution in [0.15, 0.2) is 47.7 Å². The monoisotopic (exact) mass is 365 g/mol. The molecule has 2 amide bonds. The van der Waals surface area contributed by atoms with Gasteiger partial charge in [0.25, 0.3) is 5.91 Å². The van der Waals surface area contributed by atoms with Crippen molar-refractivity contribution in [2.24, 2.45) is 5.10 Å². The van der Waals surface area contributed by atoms with Crippen LogP contribution in [0.3, 0.4) is 0 Å². The van der Waals surface area contributed by atoms with Gasteiger partial charge in [0, 0.05) is 31.5 Å². The number of allylic oxidation sites excluding steroid dienone is 2. The minimum absolute atomic E-state index is 0.251. The number of pyridine rings is 1. The van der Waals surface area contributed by atoms with Crippen molar-refractivity contribution in [2.45, 2.75) is 13.8 Å². The van der Waals surface area contributed by atoms with E-state index in [0.717, 1.165) is 28.0 Å². The number of benzene rings is 1. The maximum absolute atomic E-state index is 11.8. The van der Waals surface area contributed by atoms with Crippen LogP contribution in [-0.2, 0) is 4.79 Å². The van der Waals surface area contributed by atoms with E-state index in [1.165, 1.54) is 0 Å². The molecule has 0 aliphatic carbocycles. The van der Waals surface area contributed by atoms with E-state index in [4.69, 9.17) is 0 Å². The summed E-state index contributed by atoms with van der Waals surface area (Å²) in [4.78, 5) is 26.6. The molecule has 0 fully saturated rings. The fraction of sp³-hybridized carbons (Fsp3) is 0.200. The predicted octanol–water partition coefficient (Wildman–Crippen LogP) is 2.34. The maximum Gasteiger partial charge on any atom is 0.269 e. The number of aryl methyl sites for hydroxylation is 1. The minimum Gasteiger partial charge on any atom is -0.388 e. The lowest BCUT2D eigenvalue weighted by molar-refractivity contribution is -0.109. The van der Waals surface area contributed by atoms with Crippen molar-refractivity contribution in [2.75, 3.05) is 19.4 Å². The Bertz CT molecular complexity index is 903. The number of hydrazone groups is 1. The molecule has 1 heterocycles. The predicted molar refractivity (Wildman–Crippen MR) is 108 cm³/mol. The van der Waals surface area contributed by atoms with Gasteiger partial charge in [0.1, 0.15) is 5.69 Å². The molecule has 0 saturated heterocycles. The van der Waals surface area contributed by atoms with Gasteiger partial charge in [-0.2, -0.15) is 5.10 Å². The molecular formula is C20H23N5O2. The Morgan fingerprint density at radius 3 is 2.63 bits per heavy atom. The van der Waals surface area contributed by atoms with Crippen LogP contribution in [-0.4, -0.2) is 37.1 Å². The SMILES string of the molecule is CNC(=O)c1cc(/C(C)=C/C(=N\NC=O)c2cc(NC)ccc2C)ccn1. The third-order valence-electron chi connectivity index (χ3n) is 4.07. The Hall–Kier alpha value is -3.48. The number of rotatable bonds is 7. The average Bonchev–Trinajstić information content (AvgIpc) is 2.70. The summed E-state index contributed by atoms with van der Waals surface area (Å²) in [5.41, 5.74) is 7.87. The number of anilines is 1. The highest BCUT2D eigenvalue weighted by atomic mass is 16.1. The number of carbonyl (C=O) groups is 2. The van der Waals surface area contributed by atoms with Gasteiger partial charge in [-0.3, -0.25) is 14.6 Å². The smallest absolute Gasteiger partial charge is 0.269 e. The van der Waals surface area contributed by atoms with Crippen LogP contribution >= 0.6 is 0 Å². The molecule has 0 radical (unpaired) electrons. The molecule has 2 rings (SSSR count). The third kappa shape index (κ3) is 5.01. The van der Waals surface area contributed by atoms with Crippen LogP contribution in [0.5, 0.6) is 0 Å². The van der Waals surface area contributed by atoms with Gasteiger partial charge < -0.3 is 10.6 Å². The molecule has 7 nitrogen and oxygen atoms in total. The highest BCUT2D eigenvalue weighted by Crippen LogP contribution is 2.20. The van der Waals surface area contributed by atoms with E-state index >= 15 is 0 Å². The molecule has 0 spiro atoms. The fourth-order valence-corrected chi connectivity index (χ4v) is 2.54. The van der Waals surface area contributed by atoms with E-state index in [1.54, 1.807) is 19.3 Å². The molecule has 1 aromatic heterocycles. The molecule has 140 valence electrons. The van der Waals surface area contributed by atoms with Crippen molar-refractivity contribution in [3.05, 3.63) is 65.0 Å². The summed E-state index contributed by atoms with van der Waals surface area (Å²) in [7, 11) is 3.40. The first-order valence-electron chi connectivity index (χ1n) is 8.42. The summed E-state index contributed by atoms with van der Waals surface area (Å²) in [6.45, 7) is 3.89. The van der Waals surface area contributed by atoms with Crippen molar-refractivity contribution in [3.8, 4) is 0 Å². The number of amides is 2. The average molecular weight is 365 g/mol. The first-order chi connectivity index (χ1) is 13.0. The molecule has 0 saturated carbocycles. The zero-order chi connectivity index (χ0) is 19.8. The highest BCUT2D eigenvalue weighted by Gasteiger charge is 2.10. The number of nitrogens with one attached hydrogen (secondary N) is 3. The molecule has 3 N–H and O–H groups in total. The Labute approximate surface area is 158 Å². The normalized spacial score (nSPS) is 11.7. The zero-order valence-electron chi connectivity index (χ0n) is 15.8. The van der Waals surface area contributed by atoms with Crippen LogP contribution in [0.25, 0.3) is 5.57 Å². The van der Waals surface area contributed by atoms with Crippen LogP contribution in [0, 0.1) is 6.92 Å². The van der Waals surface area contributed by atoms with E-state index in [1.807, 2.05) is 51.2 Å². The van der Waals surface area contributed by atoms with Gasteiger partial charge in [0.15, 0.2) is 0 Å². The summed E-state index contributed by atoms with van der Waals surface area (Å²) in [5, 5.41) is 9.85. The molecular weight excluding hydrogens is 342 g/mol. The summed E-state index contributed by atoms with van der Waals surface area (Å²) >= 11 is 0. The minimum atomic E-state index is -0.251. The number of nitrogens with zero attached hydrogens (tertiary/aromatic N) is 2. The van der Waals surface area contributed by atoms with E-state index in [-0.39, 0.29) is 5.91 Å². The molecule has 2 aromatic rings. The van der Waals surface area contributed by atoms with Gasteiger partial charge in [-0.05, 0) is 60.9 Å². The number of hydrogen-bond donors (Lipinski definition) is 3. The van der Waals surface area contributed by atoms with Crippen molar-refractivity contribution in [1.29, 1.82) is 0 Å². The van der Waals surface area contributed by atoms with E-state index < -0.39 is 0 Å². The van der Waals surface area contributed by atoms with Crippen LogP contribution in [0.2, 0.25) is 0 Å². The summed E-state index contributed by atoms with van der Waals surface area (Å²) in [6, 6.07) is 9.45. The number of carbonyl (C=O) groups excluding carboxylic acids is 2. The lowest BCUT2D eigenvalue weighted by Gasteiger charge is -2.11. The van der Waals surface area contributed by atoms with Gasteiger partial charge in [-0.25, -0.2) is 5.43 Å². The van der Waals surface area contributed by atoms with E-state index in [2.05, 4.69) is 26.1 Å². The topological polar surface area (TPSA) is 95.5 Å². The molecule has 7 heteroatoms. The second-order valence-electron chi connectivity index (χ2n) is 5.86. The highest BCUT2D eigenvalue weighted by molar-refractivity contribution is 6.13. The first-order valence-corrected chi connectivity index (χ1v) is 8.42. The van der Waals surface area contributed by atoms with E-state index in [9.17, 15) is 9.59 Å². The first kappa shape index (κ1) is 19.8. The fourth-order valence-electron chi connectivity index (χ4n) is 2.54. The van der Waals surface area contributed by atoms with Crippen LogP contribution in [0.4, 0.5) is 5.69 Å². The largest absolute Gasteiger partial charge is 0.388 e. The summed E-state index contributed by atoms with van der Waals surface area (Å²) < 4.78 is 0. The van der Waals surface area contributed by atoms with Crippen LogP contribution in [0.1, 0.15) is 34.1 Å². The summed E-state index contributed by atoms with van der Waals surface area (Å²) in [6.07, 6.45) is 3.97. The maximum atomic E-state index is 11.8. The van der Waals surface area contributed by atoms with Gasteiger partial charge in [-0.1, -0.05) is 6.07 Å². The van der Waals surface area contributed by atoms with Gasteiger partial charge in [-0.15, -0.1) is 0 Å². The molecule has 0 atom stereocenters. The van der Waals surface area contributed by atoms with Crippen molar-refractivity contribution in [1.82, 2.24) is 15.7 Å². The molecule has 0 aliphatic rings. The molecule has 27 heavy (non-hydrogen) atoms. The Morgan fingerprint density at radius 1 is 1.19 bits per heavy atom. The lowest BCUT2D eigenvalue weighted by Crippen LogP contribution is -2.19. The van der Waals surface area contributed by atoms with E-state index in [0.29, 0.717) is 17.8 Å². The van der Waals surface area contributed by atoms with Crippen LogP contribution < -0.4 is 16.1 Å².